The normalized spacial score (nSPS) is 15.1. The fourth-order valence-corrected chi connectivity index (χ4v) is 5.61. The van der Waals surface area contributed by atoms with Crippen molar-refractivity contribution in [2.45, 2.75) is 39.5 Å². The molecule has 1 saturated heterocycles. The molecule has 2 N–H and O–H groups in total. The predicted molar refractivity (Wildman–Crippen MR) is 169 cm³/mol. The number of halogens is 1. The van der Waals surface area contributed by atoms with E-state index in [1.807, 2.05) is 38.3 Å². The lowest BCUT2D eigenvalue weighted by atomic mass is 9.97. The smallest absolute Gasteiger partial charge is 0.123 e. The number of rotatable bonds is 11. The Balaban J connectivity index is 1.44. The second-order valence-electron chi connectivity index (χ2n) is 10.6. The van der Waals surface area contributed by atoms with E-state index in [1.165, 1.54) is 37.6 Å². The van der Waals surface area contributed by atoms with E-state index in [9.17, 15) is 4.39 Å². The number of aromatic amines is 2. The molecular formula is C35H38FN5. The first-order chi connectivity index (χ1) is 20.0. The summed E-state index contributed by atoms with van der Waals surface area (Å²) in [6.07, 6.45) is 16.5. The van der Waals surface area contributed by atoms with Crippen molar-refractivity contribution in [2.75, 3.05) is 19.6 Å². The van der Waals surface area contributed by atoms with Gasteiger partial charge in [0.05, 0.1) is 23.1 Å². The Bertz CT molecular complexity index is 1640. The van der Waals surface area contributed by atoms with E-state index in [0.29, 0.717) is 0 Å². The van der Waals surface area contributed by atoms with Crippen molar-refractivity contribution in [1.82, 2.24) is 25.1 Å². The molecule has 1 fully saturated rings. The Morgan fingerprint density at radius 3 is 2.71 bits per heavy atom. The molecule has 3 aromatic heterocycles. The van der Waals surface area contributed by atoms with Crippen LogP contribution in [0.25, 0.3) is 33.4 Å². The summed E-state index contributed by atoms with van der Waals surface area (Å²) in [4.78, 5) is 10.8. The van der Waals surface area contributed by atoms with Crippen LogP contribution in [0.2, 0.25) is 0 Å². The maximum atomic E-state index is 14.0. The molecule has 0 spiro atoms. The van der Waals surface area contributed by atoms with Crippen LogP contribution in [-0.4, -0.2) is 44.7 Å². The Hall–Kier alpha value is -4.29. The molecule has 0 aliphatic carbocycles. The molecule has 41 heavy (non-hydrogen) atoms. The van der Waals surface area contributed by atoms with Crippen LogP contribution < -0.4 is 0 Å². The summed E-state index contributed by atoms with van der Waals surface area (Å²) >= 11 is 0. The number of pyridine rings is 1. The number of aryl methyl sites for hydroxylation is 1. The van der Waals surface area contributed by atoms with Crippen molar-refractivity contribution in [3.63, 3.8) is 0 Å². The first kappa shape index (κ1) is 28.2. The summed E-state index contributed by atoms with van der Waals surface area (Å²) in [6, 6.07) is 10.8. The highest BCUT2D eigenvalue weighted by Crippen LogP contribution is 2.34. The minimum atomic E-state index is -0.274. The van der Waals surface area contributed by atoms with Crippen LogP contribution >= 0.6 is 0 Å². The summed E-state index contributed by atoms with van der Waals surface area (Å²) in [5.74, 6) is -0.274. The topological polar surface area (TPSA) is 60.6 Å². The van der Waals surface area contributed by atoms with Crippen LogP contribution in [0.5, 0.6) is 0 Å². The molecule has 5 nitrogen and oxygen atoms in total. The molecule has 210 valence electrons. The zero-order valence-corrected chi connectivity index (χ0v) is 24.0. The van der Waals surface area contributed by atoms with Crippen LogP contribution in [-0.2, 0) is 0 Å². The lowest BCUT2D eigenvalue weighted by molar-refractivity contribution is 0.334. The first-order valence-corrected chi connectivity index (χ1v) is 14.4. The maximum Gasteiger partial charge on any atom is 0.123 e. The van der Waals surface area contributed by atoms with Crippen molar-refractivity contribution < 1.29 is 4.39 Å². The molecule has 1 aromatic carbocycles. The molecule has 4 heterocycles. The number of aromatic nitrogens is 4. The fraction of sp³-hybridized carbons (Fsp3) is 0.257. The Morgan fingerprint density at radius 1 is 1.15 bits per heavy atom. The quantitative estimate of drug-likeness (QED) is 0.185. The average Bonchev–Trinajstić information content (AvgIpc) is 3.73. The van der Waals surface area contributed by atoms with Gasteiger partial charge in [0, 0.05) is 16.6 Å². The number of benzene rings is 1. The summed E-state index contributed by atoms with van der Waals surface area (Å²) < 4.78 is 14.0. The van der Waals surface area contributed by atoms with Gasteiger partial charge in [0.25, 0.3) is 0 Å². The fourth-order valence-electron chi connectivity index (χ4n) is 5.61. The highest BCUT2D eigenvalue weighted by Gasteiger charge is 2.17. The number of hydrogen-bond acceptors (Lipinski definition) is 3. The molecule has 1 aliphatic heterocycles. The number of nitrogens with zero attached hydrogens (tertiary/aromatic N) is 3. The Kier molecular flexibility index (Phi) is 8.90. The van der Waals surface area contributed by atoms with Gasteiger partial charge in [-0.05, 0) is 112 Å². The van der Waals surface area contributed by atoms with Crippen molar-refractivity contribution in [2.24, 2.45) is 0 Å². The summed E-state index contributed by atoms with van der Waals surface area (Å²) in [6.45, 7) is 15.6. The SMILES string of the molecule is C=C/C=C(/c1cccc(F)c1)c1cc(-c2n[nH]c3cnc(C(/C=C(\C=C)CCCN4CCCC4)=C/C)cc23)[nH]c1C. The van der Waals surface area contributed by atoms with Crippen LogP contribution in [0.3, 0.4) is 0 Å². The van der Waals surface area contributed by atoms with Crippen molar-refractivity contribution >= 4 is 22.0 Å². The van der Waals surface area contributed by atoms with Crippen LogP contribution in [0, 0.1) is 12.7 Å². The van der Waals surface area contributed by atoms with E-state index >= 15 is 0 Å². The average molecular weight is 548 g/mol. The second-order valence-corrected chi connectivity index (χ2v) is 10.6. The lowest BCUT2D eigenvalue weighted by Gasteiger charge is -2.14. The van der Waals surface area contributed by atoms with E-state index in [4.69, 9.17) is 4.98 Å². The lowest BCUT2D eigenvalue weighted by Crippen LogP contribution is -2.20. The third-order valence-electron chi connectivity index (χ3n) is 7.78. The molecule has 0 saturated carbocycles. The zero-order chi connectivity index (χ0) is 28.8. The summed E-state index contributed by atoms with van der Waals surface area (Å²) in [5.41, 5.74) is 9.32. The van der Waals surface area contributed by atoms with Gasteiger partial charge in [0.2, 0.25) is 0 Å². The highest BCUT2D eigenvalue weighted by atomic mass is 19.1. The van der Waals surface area contributed by atoms with Gasteiger partial charge < -0.3 is 9.88 Å². The minimum absolute atomic E-state index is 0.274. The van der Waals surface area contributed by atoms with Gasteiger partial charge in [-0.2, -0.15) is 5.10 Å². The molecule has 5 rings (SSSR count). The molecule has 0 unspecified atom stereocenters. The number of likely N-dealkylation sites (tertiary alicyclic amines) is 1. The predicted octanol–water partition coefficient (Wildman–Crippen LogP) is 8.41. The van der Waals surface area contributed by atoms with Gasteiger partial charge in [-0.25, -0.2) is 4.39 Å². The van der Waals surface area contributed by atoms with Gasteiger partial charge in [-0.3, -0.25) is 10.1 Å². The van der Waals surface area contributed by atoms with Crippen LogP contribution in [0.4, 0.5) is 4.39 Å². The molecule has 1 aliphatic rings. The number of allylic oxidation sites excluding steroid dienone is 7. The van der Waals surface area contributed by atoms with Crippen LogP contribution in [0.1, 0.15) is 55.1 Å². The number of nitrogens with one attached hydrogen (secondary N) is 2. The van der Waals surface area contributed by atoms with Crippen molar-refractivity contribution in [1.29, 1.82) is 0 Å². The molecule has 0 bridgehead atoms. The number of fused-ring (bicyclic) bond motifs is 1. The third kappa shape index (κ3) is 6.39. The monoisotopic (exact) mass is 547 g/mol. The standard InChI is InChI=1S/C35H38FN5/c1-5-12-29(27-14-10-15-28(36)20-27)30-21-33(38-24(30)4)35-31-22-32(37-23-34(31)39-40-35)26(7-3)19-25(6-2)13-11-18-41-16-8-9-17-41/h5-7,10,12,14-15,19-23,38H,1-2,8-9,11,13,16-18H2,3-4H3,(H,39,40)/b25-19+,26-7+,29-12-. The molecule has 6 heteroatoms. The van der Waals surface area contributed by atoms with Gasteiger partial charge >= 0.3 is 0 Å². The van der Waals surface area contributed by atoms with Gasteiger partial charge in [-0.15, -0.1) is 0 Å². The molecule has 0 amide bonds. The van der Waals surface area contributed by atoms with Gasteiger partial charge in [-0.1, -0.05) is 49.6 Å². The minimum Gasteiger partial charge on any atom is -0.357 e. The number of H-pyrrole nitrogens is 2. The van der Waals surface area contributed by atoms with E-state index in [-0.39, 0.29) is 5.82 Å². The van der Waals surface area contributed by atoms with E-state index < -0.39 is 0 Å². The van der Waals surface area contributed by atoms with Crippen LogP contribution in [0.15, 0.2) is 91.7 Å². The van der Waals surface area contributed by atoms with E-state index in [2.05, 4.69) is 57.5 Å². The Morgan fingerprint density at radius 2 is 1.98 bits per heavy atom. The van der Waals surface area contributed by atoms with Crippen molar-refractivity contribution in [3.8, 4) is 11.4 Å². The summed E-state index contributed by atoms with van der Waals surface area (Å²) in [7, 11) is 0. The van der Waals surface area contributed by atoms with E-state index in [0.717, 1.165) is 75.3 Å². The van der Waals surface area contributed by atoms with Gasteiger partial charge in [0.15, 0.2) is 0 Å². The van der Waals surface area contributed by atoms with Gasteiger partial charge in [0.1, 0.15) is 11.5 Å². The molecule has 0 radical (unpaired) electrons. The summed E-state index contributed by atoms with van der Waals surface area (Å²) in [5, 5.41) is 8.75. The van der Waals surface area contributed by atoms with Crippen molar-refractivity contribution in [3.05, 3.63) is 120 Å². The van der Waals surface area contributed by atoms with E-state index in [1.54, 1.807) is 18.2 Å². The third-order valence-corrected chi connectivity index (χ3v) is 7.78. The maximum absolute atomic E-state index is 14.0. The second kappa shape index (κ2) is 12.9. The molecular weight excluding hydrogens is 509 g/mol. The molecule has 0 atom stereocenters. The molecule has 4 aromatic rings. The zero-order valence-electron chi connectivity index (χ0n) is 24.0. The largest absolute Gasteiger partial charge is 0.357 e. The number of hydrogen-bond donors (Lipinski definition) is 2. The Labute approximate surface area is 241 Å². The highest BCUT2D eigenvalue weighted by molar-refractivity contribution is 5.95. The first-order valence-electron chi connectivity index (χ1n) is 14.4.